The molecule has 8 heteroatoms. The van der Waals surface area contributed by atoms with Crippen molar-refractivity contribution < 1.29 is 23.5 Å². The summed E-state index contributed by atoms with van der Waals surface area (Å²) in [6, 6.07) is 22.0. The van der Waals surface area contributed by atoms with Crippen molar-refractivity contribution in [3.8, 4) is 28.5 Å². The number of amides is 1. The average Bonchev–Trinajstić information content (AvgIpc) is 3.56. The highest BCUT2D eigenvalue weighted by Gasteiger charge is 2.18. The Morgan fingerprint density at radius 2 is 1.83 bits per heavy atom. The van der Waals surface area contributed by atoms with Crippen LogP contribution < -0.4 is 10.1 Å². The first-order chi connectivity index (χ1) is 17.6. The van der Waals surface area contributed by atoms with Crippen LogP contribution in [-0.2, 0) is 4.74 Å². The number of nitrogens with one attached hydrogen (secondary N) is 1. The molecule has 1 N–H and O–H groups in total. The first-order valence-corrected chi connectivity index (χ1v) is 12.1. The highest BCUT2D eigenvalue weighted by Crippen LogP contribution is 2.31. The van der Waals surface area contributed by atoms with Crippen LogP contribution in [0.5, 0.6) is 5.75 Å². The lowest BCUT2D eigenvalue weighted by atomic mass is 10.1. The van der Waals surface area contributed by atoms with Crippen molar-refractivity contribution in [2.24, 2.45) is 0 Å². The fourth-order valence-electron chi connectivity index (χ4n) is 3.80. The third-order valence-corrected chi connectivity index (χ3v) is 6.61. The molecule has 0 aliphatic carbocycles. The Hall–Kier alpha value is -4.43. The van der Waals surface area contributed by atoms with Gasteiger partial charge in [0.15, 0.2) is 5.76 Å². The van der Waals surface area contributed by atoms with Crippen molar-refractivity contribution in [3.63, 3.8) is 0 Å². The first kappa shape index (κ1) is 23.3. The van der Waals surface area contributed by atoms with Crippen LogP contribution in [0.15, 0.2) is 83.4 Å². The van der Waals surface area contributed by atoms with Crippen LogP contribution >= 0.6 is 11.3 Å². The van der Waals surface area contributed by atoms with E-state index in [1.165, 1.54) is 18.4 Å². The highest BCUT2D eigenvalue weighted by molar-refractivity contribution is 7.20. The summed E-state index contributed by atoms with van der Waals surface area (Å²) >= 11 is 1.34. The molecular weight excluding hydrogens is 476 g/mol. The number of fused-ring (bicyclic) bond motifs is 1. The molecule has 0 saturated carbocycles. The molecule has 0 unspecified atom stereocenters. The van der Waals surface area contributed by atoms with Crippen molar-refractivity contribution in [2.45, 2.75) is 6.92 Å². The number of anilines is 1. The number of nitrogens with zero attached hydrogens (tertiary/aromatic N) is 1. The lowest BCUT2D eigenvalue weighted by Gasteiger charge is -2.08. The molecule has 0 atom stereocenters. The van der Waals surface area contributed by atoms with Gasteiger partial charge in [-0.25, -0.2) is 9.78 Å². The minimum atomic E-state index is -0.383. The third-order valence-electron chi connectivity index (χ3n) is 5.52. The monoisotopic (exact) mass is 498 g/mol. The number of hydrogen-bond donors (Lipinski definition) is 1. The molecular formula is C28H22N2O5S. The molecule has 5 rings (SSSR count). The summed E-state index contributed by atoms with van der Waals surface area (Å²) in [5.74, 6) is 1.04. The minimum absolute atomic E-state index is 0.297. The number of aromatic nitrogens is 1. The molecule has 5 aromatic rings. The van der Waals surface area contributed by atoms with E-state index < -0.39 is 0 Å². The number of benzene rings is 3. The normalized spacial score (nSPS) is 10.8. The molecule has 0 radical (unpaired) electrons. The quantitative estimate of drug-likeness (QED) is 0.252. The lowest BCUT2D eigenvalue weighted by molar-refractivity contribution is 0.0606. The first-order valence-electron chi connectivity index (χ1n) is 11.3. The summed E-state index contributed by atoms with van der Waals surface area (Å²) < 4.78 is 17.2. The van der Waals surface area contributed by atoms with Crippen molar-refractivity contribution in [1.29, 1.82) is 0 Å². The van der Waals surface area contributed by atoms with E-state index in [9.17, 15) is 9.59 Å². The van der Waals surface area contributed by atoms with Gasteiger partial charge in [-0.1, -0.05) is 12.1 Å². The Kier molecular flexibility index (Phi) is 6.51. The van der Waals surface area contributed by atoms with E-state index in [1.54, 1.807) is 36.5 Å². The van der Waals surface area contributed by atoms with Gasteiger partial charge in [0.25, 0.3) is 5.91 Å². The second-order valence-corrected chi connectivity index (χ2v) is 8.93. The number of hydrogen-bond acceptors (Lipinski definition) is 7. The molecule has 1 amide bonds. The number of ether oxygens (including phenoxy) is 2. The number of rotatable bonds is 7. The second kappa shape index (κ2) is 10.1. The van der Waals surface area contributed by atoms with Gasteiger partial charge in [0, 0.05) is 21.5 Å². The lowest BCUT2D eigenvalue weighted by Crippen LogP contribution is -2.13. The summed E-state index contributed by atoms with van der Waals surface area (Å²) in [6.07, 6.45) is 1.64. The van der Waals surface area contributed by atoms with Crippen LogP contribution in [0.2, 0.25) is 0 Å². The molecule has 2 aromatic heterocycles. The van der Waals surface area contributed by atoms with Gasteiger partial charge < -0.3 is 19.2 Å². The number of oxazole rings is 1. The zero-order chi connectivity index (χ0) is 25.1. The van der Waals surface area contributed by atoms with Crippen LogP contribution in [0.25, 0.3) is 32.9 Å². The van der Waals surface area contributed by atoms with E-state index in [1.807, 2.05) is 49.4 Å². The molecule has 3 aromatic carbocycles. The highest BCUT2D eigenvalue weighted by atomic mass is 32.1. The fourth-order valence-corrected chi connectivity index (χ4v) is 4.76. The van der Waals surface area contributed by atoms with E-state index in [4.69, 9.17) is 13.9 Å². The van der Waals surface area contributed by atoms with Crippen LogP contribution in [0.3, 0.4) is 0 Å². The number of methoxy groups -OCH3 is 1. The van der Waals surface area contributed by atoms with Gasteiger partial charge in [0.05, 0.1) is 25.5 Å². The Morgan fingerprint density at radius 3 is 2.61 bits per heavy atom. The van der Waals surface area contributed by atoms with Gasteiger partial charge in [-0.05, 0) is 73.0 Å². The van der Waals surface area contributed by atoms with E-state index >= 15 is 0 Å². The zero-order valence-electron chi connectivity index (χ0n) is 19.6. The molecule has 0 fully saturated rings. The molecule has 0 aliphatic rings. The predicted octanol–water partition coefficient (Wildman–Crippen LogP) is 6.66. The second-order valence-electron chi connectivity index (χ2n) is 7.84. The topological polar surface area (TPSA) is 90.7 Å². The maximum atomic E-state index is 13.2. The number of carbonyl (C=O) groups is 2. The van der Waals surface area contributed by atoms with Crippen molar-refractivity contribution >= 4 is 39.0 Å². The third kappa shape index (κ3) is 4.71. The van der Waals surface area contributed by atoms with E-state index in [-0.39, 0.29) is 11.9 Å². The summed E-state index contributed by atoms with van der Waals surface area (Å²) in [4.78, 5) is 30.0. The van der Waals surface area contributed by atoms with Crippen molar-refractivity contribution in [1.82, 2.24) is 4.98 Å². The minimum Gasteiger partial charge on any atom is -0.494 e. The van der Waals surface area contributed by atoms with Crippen LogP contribution in [0.1, 0.15) is 27.0 Å². The van der Waals surface area contributed by atoms with E-state index in [0.29, 0.717) is 39.9 Å². The number of thiophene rings is 1. The van der Waals surface area contributed by atoms with Crippen molar-refractivity contribution in [2.75, 3.05) is 19.0 Å². The van der Waals surface area contributed by atoms with E-state index in [2.05, 4.69) is 10.3 Å². The molecule has 0 aliphatic heterocycles. The number of carbonyl (C=O) groups excluding carboxylic acids is 2. The molecule has 180 valence electrons. The van der Waals surface area contributed by atoms with Gasteiger partial charge in [-0.3, -0.25) is 4.79 Å². The molecule has 0 spiro atoms. The SMILES string of the molecule is CCOc1ccc(-c2cnc(-c3ccccc3C(=O)Nc3ccc4sc(C(=O)OC)cc4c3)o2)cc1. The van der Waals surface area contributed by atoms with Crippen LogP contribution in [0.4, 0.5) is 5.69 Å². The summed E-state index contributed by atoms with van der Waals surface area (Å²) in [6.45, 7) is 2.53. The fraction of sp³-hybridized carbons (Fsp3) is 0.107. The van der Waals surface area contributed by atoms with Gasteiger partial charge in [-0.2, -0.15) is 0 Å². The predicted molar refractivity (Wildman–Crippen MR) is 140 cm³/mol. The Bertz CT molecular complexity index is 1550. The number of esters is 1. The Labute approximate surface area is 211 Å². The largest absolute Gasteiger partial charge is 0.494 e. The van der Waals surface area contributed by atoms with Crippen LogP contribution in [-0.4, -0.2) is 30.6 Å². The van der Waals surface area contributed by atoms with Crippen LogP contribution in [0, 0.1) is 0 Å². The summed E-state index contributed by atoms with van der Waals surface area (Å²) in [5, 5.41) is 3.78. The van der Waals surface area contributed by atoms with Gasteiger partial charge in [-0.15, -0.1) is 11.3 Å². The Balaban J connectivity index is 1.39. The smallest absolute Gasteiger partial charge is 0.348 e. The molecule has 0 saturated heterocycles. The van der Waals surface area contributed by atoms with Gasteiger partial charge in [0.1, 0.15) is 10.6 Å². The molecule has 7 nitrogen and oxygen atoms in total. The maximum absolute atomic E-state index is 13.2. The van der Waals surface area contributed by atoms with E-state index in [0.717, 1.165) is 21.4 Å². The average molecular weight is 499 g/mol. The molecule has 36 heavy (non-hydrogen) atoms. The Morgan fingerprint density at radius 1 is 1.03 bits per heavy atom. The standard InChI is InChI=1S/C28H22N2O5S/c1-3-34-20-11-8-17(9-12-20)23-16-29-27(35-23)22-7-5-4-6-21(22)26(31)30-19-10-13-24-18(14-19)15-25(36-24)28(32)33-2/h4-16H,3H2,1-2H3,(H,30,31). The van der Waals surface area contributed by atoms with Gasteiger partial charge >= 0.3 is 5.97 Å². The van der Waals surface area contributed by atoms with Crippen molar-refractivity contribution in [3.05, 3.63) is 89.4 Å². The summed E-state index contributed by atoms with van der Waals surface area (Å²) in [5.41, 5.74) is 2.48. The van der Waals surface area contributed by atoms with Gasteiger partial charge in [0.2, 0.25) is 5.89 Å². The molecule has 2 heterocycles. The zero-order valence-corrected chi connectivity index (χ0v) is 20.4. The maximum Gasteiger partial charge on any atom is 0.348 e. The summed E-state index contributed by atoms with van der Waals surface area (Å²) in [7, 11) is 1.35. The molecule has 0 bridgehead atoms.